The Kier molecular flexibility index (Phi) is 6.06. The molecule has 130 valence electrons. The molecule has 7 heteroatoms. The second-order valence-electron chi connectivity index (χ2n) is 5.34. The van der Waals surface area contributed by atoms with Crippen LogP contribution in [0.2, 0.25) is 0 Å². The Hall–Kier alpha value is -1.80. The molecule has 0 amide bonds. The Labute approximate surface area is 142 Å². The van der Waals surface area contributed by atoms with E-state index in [1.807, 2.05) is 24.3 Å². The van der Waals surface area contributed by atoms with Gasteiger partial charge in [-0.2, -0.15) is 0 Å². The van der Waals surface area contributed by atoms with E-state index in [1.54, 1.807) is 27.9 Å². The van der Waals surface area contributed by atoms with Crippen LogP contribution in [0.1, 0.15) is 32.8 Å². The number of oxime groups is 1. The Morgan fingerprint density at radius 2 is 1.88 bits per heavy atom. The molecule has 1 aliphatic rings. The fourth-order valence-electron chi connectivity index (χ4n) is 2.17. The lowest BCUT2D eigenvalue weighted by Crippen LogP contribution is -2.22. The zero-order valence-corrected chi connectivity index (χ0v) is 15.3. The molecule has 1 unspecified atom stereocenters. The lowest BCUT2D eigenvalue weighted by atomic mass is 9.97. The number of nitrogens with zero attached hydrogens (tertiary/aromatic N) is 1. The lowest BCUT2D eigenvalue weighted by Gasteiger charge is -2.15. The van der Waals surface area contributed by atoms with Gasteiger partial charge < -0.3 is 9.57 Å². The molecule has 1 aromatic carbocycles. The summed E-state index contributed by atoms with van der Waals surface area (Å²) in [6, 6.07) is 7.53. The molecule has 2 rings (SSSR count). The van der Waals surface area contributed by atoms with E-state index in [2.05, 4.69) is 16.7 Å². The molecule has 0 radical (unpaired) electrons. The number of benzene rings is 1. The van der Waals surface area contributed by atoms with Gasteiger partial charge in [-0.3, -0.25) is 9.05 Å². The SMILES string of the molecule is CCOP(=O)(C#CC1(C)CC(c2ccc(OC)cc2)=NO1)OCC. The van der Waals surface area contributed by atoms with Gasteiger partial charge in [0.1, 0.15) is 5.75 Å². The Morgan fingerprint density at radius 1 is 1.25 bits per heavy atom. The molecule has 0 fully saturated rings. The molecule has 6 nitrogen and oxygen atoms in total. The number of hydrogen-bond acceptors (Lipinski definition) is 6. The third-order valence-corrected chi connectivity index (χ3v) is 4.92. The second kappa shape index (κ2) is 7.85. The molecule has 1 aliphatic heterocycles. The fraction of sp³-hybridized carbons (Fsp3) is 0.471. The first-order chi connectivity index (χ1) is 11.4. The summed E-state index contributed by atoms with van der Waals surface area (Å²) in [6.45, 7) is 5.80. The maximum atomic E-state index is 12.4. The summed E-state index contributed by atoms with van der Waals surface area (Å²) >= 11 is 0. The minimum absolute atomic E-state index is 0.261. The molecule has 0 aromatic heterocycles. The Balaban J connectivity index is 2.11. The van der Waals surface area contributed by atoms with Gasteiger partial charge in [-0.05, 0) is 56.5 Å². The fourth-order valence-corrected chi connectivity index (χ4v) is 3.43. The number of ether oxygens (including phenoxy) is 1. The molecule has 0 aliphatic carbocycles. The van der Waals surface area contributed by atoms with Gasteiger partial charge in [0.05, 0.1) is 26.0 Å². The van der Waals surface area contributed by atoms with Crippen molar-refractivity contribution >= 4 is 13.3 Å². The van der Waals surface area contributed by atoms with E-state index in [-0.39, 0.29) is 13.2 Å². The standard InChI is InChI=1S/C17H22NO5P/c1-5-21-24(19,22-6-2)12-11-17(3)13-16(18-23-17)14-7-9-15(20-4)10-8-14/h7-10H,5-6,13H2,1-4H3. The van der Waals surface area contributed by atoms with Crippen molar-refractivity contribution in [1.29, 1.82) is 0 Å². The third kappa shape index (κ3) is 4.61. The highest BCUT2D eigenvalue weighted by molar-refractivity contribution is 7.59. The van der Waals surface area contributed by atoms with Crippen LogP contribution in [0, 0.1) is 11.6 Å². The lowest BCUT2D eigenvalue weighted by molar-refractivity contribution is 0.0442. The van der Waals surface area contributed by atoms with Crippen LogP contribution in [0.4, 0.5) is 0 Å². The monoisotopic (exact) mass is 351 g/mol. The van der Waals surface area contributed by atoms with Crippen LogP contribution in [0.15, 0.2) is 29.4 Å². The van der Waals surface area contributed by atoms with Crippen LogP contribution in [0.3, 0.4) is 0 Å². The minimum Gasteiger partial charge on any atom is -0.497 e. The number of rotatable bonds is 6. The van der Waals surface area contributed by atoms with Gasteiger partial charge in [0.15, 0.2) is 0 Å². The van der Waals surface area contributed by atoms with Gasteiger partial charge in [-0.1, -0.05) is 5.16 Å². The Bertz CT molecular complexity index is 694. The summed E-state index contributed by atoms with van der Waals surface area (Å²) in [5, 5.41) is 4.11. The van der Waals surface area contributed by atoms with Crippen LogP contribution in [0.25, 0.3) is 0 Å². The van der Waals surface area contributed by atoms with Crippen molar-refractivity contribution in [3.8, 4) is 17.3 Å². The van der Waals surface area contributed by atoms with E-state index in [1.165, 1.54) is 0 Å². The van der Waals surface area contributed by atoms with Gasteiger partial charge in [0, 0.05) is 12.1 Å². The van der Waals surface area contributed by atoms with Gasteiger partial charge >= 0.3 is 7.60 Å². The molecule has 0 saturated carbocycles. The van der Waals surface area contributed by atoms with Crippen LogP contribution in [-0.2, 0) is 18.5 Å². The summed E-state index contributed by atoms with van der Waals surface area (Å²) < 4.78 is 27.9. The molecule has 0 N–H and O–H groups in total. The van der Waals surface area contributed by atoms with Crippen molar-refractivity contribution in [1.82, 2.24) is 0 Å². The quantitative estimate of drug-likeness (QED) is 0.576. The summed E-state index contributed by atoms with van der Waals surface area (Å²) in [6.07, 6.45) is 0.477. The predicted octanol–water partition coefficient (Wildman–Crippen LogP) is 3.81. The van der Waals surface area contributed by atoms with Crippen molar-refractivity contribution in [2.75, 3.05) is 20.3 Å². The van der Waals surface area contributed by atoms with Crippen molar-refractivity contribution in [3.05, 3.63) is 29.8 Å². The predicted molar refractivity (Wildman–Crippen MR) is 92.3 cm³/mol. The van der Waals surface area contributed by atoms with E-state index < -0.39 is 13.2 Å². The highest BCUT2D eigenvalue weighted by Gasteiger charge is 2.34. The Morgan fingerprint density at radius 3 is 2.42 bits per heavy atom. The van der Waals surface area contributed by atoms with E-state index in [4.69, 9.17) is 18.6 Å². The average Bonchev–Trinajstić information content (AvgIpc) is 2.97. The van der Waals surface area contributed by atoms with Crippen molar-refractivity contribution in [3.63, 3.8) is 0 Å². The number of hydrogen-bond donors (Lipinski definition) is 0. The molecule has 1 aromatic rings. The first-order valence-electron chi connectivity index (χ1n) is 7.76. The normalized spacial score (nSPS) is 19.9. The minimum atomic E-state index is -3.43. The topological polar surface area (TPSA) is 66.4 Å². The molecule has 1 atom stereocenters. The van der Waals surface area contributed by atoms with Crippen LogP contribution in [-0.4, -0.2) is 31.6 Å². The molecule has 1 heterocycles. The number of methoxy groups -OCH3 is 1. The average molecular weight is 351 g/mol. The molecular weight excluding hydrogens is 329 g/mol. The summed E-state index contributed by atoms with van der Waals surface area (Å²) in [4.78, 5) is 5.47. The van der Waals surface area contributed by atoms with Crippen LogP contribution >= 0.6 is 7.60 Å². The van der Waals surface area contributed by atoms with Gasteiger partial charge in [-0.25, -0.2) is 4.57 Å². The molecular formula is C17H22NO5P. The largest absolute Gasteiger partial charge is 0.497 e. The van der Waals surface area contributed by atoms with Crippen LogP contribution in [0.5, 0.6) is 5.75 Å². The zero-order chi connectivity index (χ0) is 17.6. The van der Waals surface area contributed by atoms with E-state index in [0.717, 1.165) is 17.0 Å². The maximum absolute atomic E-state index is 12.4. The highest BCUT2D eigenvalue weighted by atomic mass is 31.2. The summed E-state index contributed by atoms with van der Waals surface area (Å²) in [5.41, 5.74) is 3.46. The van der Waals surface area contributed by atoms with E-state index in [0.29, 0.717) is 6.42 Å². The summed E-state index contributed by atoms with van der Waals surface area (Å²) in [5.74, 6) is 3.64. The van der Waals surface area contributed by atoms with E-state index >= 15 is 0 Å². The highest BCUT2D eigenvalue weighted by Crippen LogP contribution is 2.47. The maximum Gasteiger partial charge on any atom is 0.405 e. The van der Waals surface area contributed by atoms with Crippen molar-refractivity contribution in [2.24, 2.45) is 5.16 Å². The smallest absolute Gasteiger partial charge is 0.405 e. The second-order valence-corrected chi connectivity index (χ2v) is 7.07. The van der Waals surface area contributed by atoms with Gasteiger partial charge in [0.25, 0.3) is 0 Å². The molecule has 0 saturated heterocycles. The molecule has 0 spiro atoms. The first kappa shape index (κ1) is 18.5. The van der Waals surface area contributed by atoms with E-state index in [9.17, 15) is 4.57 Å². The molecule has 24 heavy (non-hydrogen) atoms. The van der Waals surface area contributed by atoms with Gasteiger partial charge in [0.2, 0.25) is 5.60 Å². The zero-order valence-electron chi connectivity index (χ0n) is 14.4. The van der Waals surface area contributed by atoms with Crippen molar-refractivity contribution < 1.29 is 23.2 Å². The summed E-state index contributed by atoms with van der Waals surface area (Å²) in [7, 11) is -1.81. The van der Waals surface area contributed by atoms with Crippen molar-refractivity contribution in [2.45, 2.75) is 32.8 Å². The van der Waals surface area contributed by atoms with Crippen LogP contribution < -0.4 is 4.74 Å². The third-order valence-electron chi connectivity index (χ3n) is 3.34. The molecule has 0 bridgehead atoms. The van der Waals surface area contributed by atoms with Gasteiger partial charge in [-0.15, -0.1) is 0 Å². The first-order valence-corrected chi connectivity index (χ1v) is 9.31.